The lowest BCUT2D eigenvalue weighted by atomic mass is 9.89. The van der Waals surface area contributed by atoms with E-state index in [-0.39, 0.29) is 12.5 Å². The Morgan fingerprint density at radius 2 is 2.16 bits per heavy atom. The molecule has 0 saturated heterocycles. The molecule has 1 aliphatic rings. The van der Waals surface area contributed by atoms with Crippen molar-refractivity contribution < 1.29 is 5.11 Å². The van der Waals surface area contributed by atoms with Gasteiger partial charge in [0.1, 0.15) is 0 Å². The smallest absolute Gasteiger partial charge is 0.0568 e. The van der Waals surface area contributed by atoms with Crippen LogP contribution in [0.5, 0.6) is 0 Å². The van der Waals surface area contributed by atoms with Gasteiger partial charge in [0.25, 0.3) is 0 Å². The van der Waals surface area contributed by atoms with E-state index in [1.165, 1.54) is 16.8 Å². The average Bonchev–Trinajstić information content (AvgIpc) is 2.86. The van der Waals surface area contributed by atoms with E-state index in [9.17, 15) is 5.11 Å². The molecule has 1 aliphatic heterocycles. The van der Waals surface area contributed by atoms with Crippen LogP contribution in [-0.4, -0.2) is 35.1 Å². The maximum absolute atomic E-state index is 9.55. The third-order valence-electron chi connectivity index (χ3n) is 3.95. The van der Waals surface area contributed by atoms with Crippen molar-refractivity contribution in [3.63, 3.8) is 0 Å². The summed E-state index contributed by atoms with van der Waals surface area (Å²) < 4.78 is 1.81. The van der Waals surface area contributed by atoms with Crippen molar-refractivity contribution in [3.8, 4) is 11.1 Å². The number of aliphatic hydroxyl groups is 1. The summed E-state index contributed by atoms with van der Waals surface area (Å²) in [6.07, 6.45) is 4.90. The molecule has 2 aromatic rings. The Bertz CT molecular complexity index is 591. The Morgan fingerprint density at radius 3 is 2.84 bits per heavy atom. The molecule has 1 aromatic carbocycles. The standard InChI is InChI=1S/C15H19N3O/c1-17-6-5-12(10-19)14-7-11(3-4-15(14)17)13-8-16-18(2)9-13/h3-4,7-9,12,19H,5-6,10H2,1-2H3. The van der Waals surface area contributed by atoms with E-state index in [1.54, 1.807) is 0 Å². The summed E-state index contributed by atoms with van der Waals surface area (Å²) in [6, 6.07) is 6.48. The number of hydrogen-bond donors (Lipinski definition) is 1. The van der Waals surface area contributed by atoms with Crippen molar-refractivity contribution in [1.29, 1.82) is 0 Å². The molecular formula is C15H19N3O. The van der Waals surface area contributed by atoms with Gasteiger partial charge in [-0.15, -0.1) is 0 Å². The van der Waals surface area contributed by atoms with E-state index in [0.29, 0.717) is 0 Å². The lowest BCUT2D eigenvalue weighted by molar-refractivity contribution is 0.257. The van der Waals surface area contributed by atoms with Crippen molar-refractivity contribution in [2.24, 2.45) is 7.05 Å². The number of fused-ring (bicyclic) bond motifs is 1. The first kappa shape index (κ1) is 12.2. The summed E-state index contributed by atoms with van der Waals surface area (Å²) >= 11 is 0. The molecule has 0 saturated carbocycles. The molecule has 1 unspecified atom stereocenters. The predicted octanol–water partition coefficient (Wildman–Crippen LogP) is 2.00. The Labute approximate surface area is 113 Å². The van der Waals surface area contributed by atoms with E-state index < -0.39 is 0 Å². The van der Waals surface area contributed by atoms with E-state index in [1.807, 2.05) is 24.1 Å². The number of nitrogens with zero attached hydrogens (tertiary/aromatic N) is 3. The van der Waals surface area contributed by atoms with Crippen molar-refractivity contribution in [3.05, 3.63) is 36.2 Å². The fourth-order valence-corrected chi connectivity index (χ4v) is 2.79. The lowest BCUT2D eigenvalue weighted by Gasteiger charge is -2.32. The van der Waals surface area contributed by atoms with Crippen LogP contribution in [0.25, 0.3) is 11.1 Å². The molecule has 2 heterocycles. The summed E-state index contributed by atoms with van der Waals surface area (Å²) in [5.41, 5.74) is 4.77. The minimum absolute atomic E-state index is 0.220. The fourth-order valence-electron chi connectivity index (χ4n) is 2.79. The number of anilines is 1. The third kappa shape index (κ3) is 2.12. The van der Waals surface area contributed by atoms with Gasteiger partial charge in [-0.2, -0.15) is 5.10 Å². The number of benzene rings is 1. The maximum Gasteiger partial charge on any atom is 0.0568 e. The molecule has 1 N–H and O–H groups in total. The van der Waals surface area contributed by atoms with Gasteiger partial charge < -0.3 is 10.0 Å². The number of aromatic nitrogens is 2. The Morgan fingerprint density at radius 1 is 1.32 bits per heavy atom. The van der Waals surface area contributed by atoms with Crippen LogP contribution < -0.4 is 4.90 Å². The van der Waals surface area contributed by atoms with Crippen LogP contribution in [0.4, 0.5) is 5.69 Å². The topological polar surface area (TPSA) is 41.3 Å². The molecule has 0 bridgehead atoms. The number of aryl methyl sites for hydroxylation is 1. The van der Waals surface area contributed by atoms with Gasteiger partial charge in [-0.05, 0) is 29.7 Å². The first-order valence-corrected chi connectivity index (χ1v) is 6.64. The van der Waals surface area contributed by atoms with Crippen LogP contribution in [0, 0.1) is 0 Å². The first-order valence-electron chi connectivity index (χ1n) is 6.64. The molecular weight excluding hydrogens is 238 g/mol. The highest BCUT2D eigenvalue weighted by Gasteiger charge is 2.23. The number of rotatable bonds is 2. The van der Waals surface area contributed by atoms with Crippen molar-refractivity contribution in [1.82, 2.24) is 9.78 Å². The minimum atomic E-state index is 0.220. The minimum Gasteiger partial charge on any atom is -0.396 e. The monoisotopic (exact) mass is 257 g/mol. The Balaban J connectivity index is 2.06. The van der Waals surface area contributed by atoms with Crippen molar-refractivity contribution in [2.45, 2.75) is 12.3 Å². The van der Waals surface area contributed by atoms with E-state index >= 15 is 0 Å². The van der Waals surface area contributed by atoms with Crippen LogP contribution in [0.1, 0.15) is 17.9 Å². The maximum atomic E-state index is 9.55. The second-order valence-electron chi connectivity index (χ2n) is 5.27. The molecule has 0 aliphatic carbocycles. The van der Waals surface area contributed by atoms with Gasteiger partial charge >= 0.3 is 0 Å². The highest BCUT2D eigenvalue weighted by molar-refractivity contribution is 5.69. The van der Waals surface area contributed by atoms with Crippen LogP contribution in [0.15, 0.2) is 30.6 Å². The van der Waals surface area contributed by atoms with Gasteiger partial charge in [-0.1, -0.05) is 6.07 Å². The normalized spacial score (nSPS) is 18.5. The van der Waals surface area contributed by atoms with Gasteiger partial charge in [0.15, 0.2) is 0 Å². The van der Waals surface area contributed by atoms with Gasteiger partial charge in [0, 0.05) is 44.0 Å². The van der Waals surface area contributed by atoms with Gasteiger partial charge in [-0.25, -0.2) is 0 Å². The summed E-state index contributed by atoms with van der Waals surface area (Å²) in [6.45, 7) is 1.22. The molecule has 19 heavy (non-hydrogen) atoms. The molecule has 3 rings (SSSR count). The van der Waals surface area contributed by atoms with Crippen LogP contribution in [0.2, 0.25) is 0 Å². The van der Waals surface area contributed by atoms with Gasteiger partial charge in [0.2, 0.25) is 0 Å². The SMILES string of the molecule is CN1CCC(CO)c2cc(-c3cnn(C)c3)ccc21. The summed E-state index contributed by atoms with van der Waals surface area (Å²) in [7, 11) is 4.03. The largest absolute Gasteiger partial charge is 0.396 e. The zero-order chi connectivity index (χ0) is 13.4. The quantitative estimate of drug-likeness (QED) is 0.894. The molecule has 1 atom stereocenters. The van der Waals surface area contributed by atoms with E-state index in [0.717, 1.165) is 18.5 Å². The molecule has 0 fully saturated rings. The second kappa shape index (κ2) is 4.70. The second-order valence-corrected chi connectivity index (χ2v) is 5.27. The molecule has 4 nitrogen and oxygen atoms in total. The first-order chi connectivity index (χ1) is 9.19. The zero-order valence-corrected chi connectivity index (χ0v) is 11.4. The molecule has 0 amide bonds. The van der Waals surface area contributed by atoms with Crippen LogP contribution in [-0.2, 0) is 7.05 Å². The highest BCUT2D eigenvalue weighted by atomic mass is 16.3. The molecule has 100 valence electrons. The number of aliphatic hydroxyl groups excluding tert-OH is 1. The molecule has 0 spiro atoms. The van der Waals surface area contributed by atoms with E-state index in [4.69, 9.17) is 0 Å². The van der Waals surface area contributed by atoms with Crippen LogP contribution in [0.3, 0.4) is 0 Å². The number of hydrogen-bond acceptors (Lipinski definition) is 3. The van der Waals surface area contributed by atoms with Gasteiger partial charge in [-0.3, -0.25) is 4.68 Å². The van der Waals surface area contributed by atoms with E-state index in [2.05, 4.69) is 35.2 Å². The average molecular weight is 257 g/mol. The van der Waals surface area contributed by atoms with Crippen molar-refractivity contribution in [2.75, 3.05) is 25.1 Å². The summed E-state index contributed by atoms with van der Waals surface area (Å²) in [5, 5.41) is 13.8. The predicted molar refractivity (Wildman–Crippen MR) is 76.4 cm³/mol. The molecule has 4 heteroatoms. The Kier molecular flexibility index (Phi) is 3.03. The van der Waals surface area contributed by atoms with Crippen LogP contribution >= 0.6 is 0 Å². The molecule has 1 aromatic heterocycles. The summed E-state index contributed by atoms with van der Waals surface area (Å²) in [4.78, 5) is 2.26. The molecule has 0 radical (unpaired) electrons. The highest BCUT2D eigenvalue weighted by Crippen LogP contribution is 2.36. The van der Waals surface area contributed by atoms with Gasteiger partial charge in [0.05, 0.1) is 12.8 Å². The fraction of sp³-hybridized carbons (Fsp3) is 0.400. The Hall–Kier alpha value is -1.81. The van der Waals surface area contributed by atoms with Crippen molar-refractivity contribution >= 4 is 5.69 Å². The zero-order valence-electron chi connectivity index (χ0n) is 11.4. The third-order valence-corrected chi connectivity index (χ3v) is 3.95. The lowest BCUT2D eigenvalue weighted by Crippen LogP contribution is -2.28. The summed E-state index contributed by atoms with van der Waals surface area (Å²) in [5.74, 6) is 0.253.